The van der Waals surface area contributed by atoms with Gasteiger partial charge in [0.25, 0.3) is 0 Å². The van der Waals surface area contributed by atoms with Crippen LogP contribution >= 0.6 is 11.3 Å². The van der Waals surface area contributed by atoms with Crippen LogP contribution in [0.3, 0.4) is 0 Å². The number of imidazole rings is 1. The number of hydrogen-bond acceptors (Lipinski definition) is 4. The lowest BCUT2D eigenvalue weighted by Gasteiger charge is -2.03. The highest BCUT2D eigenvalue weighted by Gasteiger charge is 1.94. The lowest BCUT2D eigenvalue weighted by Crippen LogP contribution is -2.14. The van der Waals surface area contributed by atoms with Gasteiger partial charge in [-0.3, -0.25) is 0 Å². The van der Waals surface area contributed by atoms with Crippen molar-refractivity contribution in [1.82, 2.24) is 19.9 Å². The van der Waals surface area contributed by atoms with Crippen LogP contribution in [0.2, 0.25) is 0 Å². The fourth-order valence-corrected chi connectivity index (χ4v) is 2.08. The monoisotopic (exact) mass is 236 g/mol. The molecule has 0 spiro atoms. The highest BCUT2D eigenvalue weighted by Crippen LogP contribution is 2.02. The zero-order valence-electron chi connectivity index (χ0n) is 9.17. The molecule has 1 N–H and O–H groups in total. The number of nitrogens with zero attached hydrogens (tertiary/aromatic N) is 3. The van der Waals surface area contributed by atoms with Gasteiger partial charge in [0.15, 0.2) is 0 Å². The fourth-order valence-electron chi connectivity index (χ4n) is 1.50. The van der Waals surface area contributed by atoms with Crippen molar-refractivity contribution >= 4 is 11.3 Å². The predicted molar refractivity (Wildman–Crippen MR) is 65.3 cm³/mol. The highest BCUT2D eigenvalue weighted by atomic mass is 32.1. The smallest absolute Gasteiger partial charge is 0.106 e. The van der Waals surface area contributed by atoms with Gasteiger partial charge in [-0.25, -0.2) is 9.97 Å². The summed E-state index contributed by atoms with van der Waals surface area (Å²) in [4.78, 5) is 8.23. The third-order valence-electron chi connectivity index (χ3n) is 2.34. The first-order valence-corrected chi connectivity index (χ1v) is 6.38. The highest BCUT2D eigenvalue weighted by molar-refractivity contribution is 7.09. The molecule has 0 radical (unpaired) electrons. The number of aromatic nitrogens is 3. The topological polar surface area (TPSA) is 42.7 Å². The molecule has 0 saturated carbocycles. The van der Waals surface area contributed by atoms with Gasteiger partial charge in [-0.1, -0.05) is 0 Å². The van der Waals surface area contributed by atoms with Gasteiger partial charge in [0.1, 0.15) is 5.01 Å². The summed E-state index contributed by atoms with van der Waals surface area (Å²) < 4.78 is 2.11. The molecule has 0 unspecified atom stereocenters. The van der Waals surface area contributed by atoms with Crippen LogP contribution in [0.15, 0.2) is 30.3 Å². The molecule has 2 aromatic rings. The summed E-state index contributed by atoms with van der Waals surface area (Å²) in [5, 5.41) is 6.56. The Morgan fingerprint density at radius 1 is 1.31 bits per heavy atom. The maximum atomic E-state index is 4.22. The van der Waals surface area contributed by atoms with Crippen molar-refractivity contribution in [2.45, 2.75) is 25.9 Å². The summed E-state index contributed by atoms with van der Waals surface area (Å²) in [6.45, 7) is 3.00. The molecule has 0 saturated heterocycles. The summed E-state index contributed by atoms with van der Waals surface area (Å²) in [5.74, 6) is 0. The van der Waals surface area contributed by atoms with Crippen LogP contribution in [0.25, 0.3) is 0 Å². The molecule has 0 aliphatic rings. The Bertz CT molecular complexity index is 330. The Labute approximate surface area is 99.4 Å². The molecule has 0 fully saturated rings. The summed E-state index contributed by atoms with van der Waals surface area (Å²) in [5.41, 5.74) is 0. The molecule has 0 atom stereocenters. The van der Waals surface area contributed by atoms with Crippen LogP contribution in [-0.2, 0) is 13.1 Å². The Morgan fingerprint density at radius 2 is 2.31 bits per heavy atom. The van der Waals surface area contributed by atoms with E-state index in [1.54, 1.807) is 11.3 Å². The first-order chi connectivity index (χ1) is 7.95. The molecule has 16 heavy (non-hydrogen) atoms. The number of aryl methyl sites for hydroxylation is 1. The Kier molecular flexibility index (Phi) is 4.51. The Hall–Kier alpha value is -1.20. The lowest BCUT2D eigenvalue weighted by atomic mass is 10.3. The number of unbranched alkanes of at least 4 members (excludes halogenated alkanes) is 1. The molecule has 0 bridgehead atoms. The Balaban J connectivity index is 1.49. The first-order valence-electron chi connectivity index (χ1n) is 5.50. The average molecular weight is 236 g/mol. The fraction of sp³-hybridized carbons (Fsp3) is 0.455. The number of nitrogens with one attached hydrogen (secondary N) is 1. The van der Waals surface area contributed by atoms with E-state index in [0.717, 1.165) is 24.6 Å². The van der Waals surface area contributed by atoms with Crippen molar-refractivity contribution in [2.24, 2.45) is 0 Å². The average Bonchev–Trinajstić information content (AvgIpc) is 2.96. The molecule has 5 heteroatoms. The van der Waals surface area contributed by atoms with E-state index in [1.807, 2.05) is 30.3 Å². The van der Waals surface area contributed by atoms with E-state index in [1.165, 1.54) is 12.8 Å². The Morgan fingerprint density at radius 3 is 3.06 bits per heavy atom. The second kappa shape index (κ2) is 6.40. The number of hydrogen-bond donors (Lipinski definition) is 1. The minimum absolute atomic E-state index is 0.892. The van der Waals surface area contributed by atoms with E-state index >= 15 is 0 Å². The van der Waals surface area contributed by atoms with Crippen LogP contribution in [0.5, 0.6) is 0 Å². The summed E-state index contributed by atoms with van der Waals surface area (Å²) in [7, 11) is 0. The minimum Gasteiger partial charge on any atom is -0.337 e. The lowest BCUT2D eigenvalue weighted by molar-refractivity contribution is 0.567. The second-order valence-electron chi connectivity index (χ2n) is 3.61. The van der Waals surface area contributed by atoms with E-state index in [4.69, 9.17) is 0 Å². The molecule has 0 amide bonds. The molecule has 2 aromatic heterocycles. The number of rotatable bonds is 7. The summed E-state index contributed by atoms with van der Waals surface area (Å²) in [6.07, 6.45) is 9.90. The van der Waals surface area contributed by atoms with Gasteiger partial charge < -0.3 is 9.88 Å². The maximum Gasteiger partial charge on any atom is 0.106 e. The normalized spacial score (nSPS) is 10.8. The van der Waals surface area contributed by atoms with Crippen LogP contribution in [-0.4, -0.2) is 21.1 Å². The molecule has 0 aliphatic carbocycles. The van der Waals surface area contributed by atoms with Crippen molar-refractivity contribution in [2.75, 3.05) is 6.54 Å². The van der Waals surface area contributed by atoms with E-state index in [-0.39, 0.29) is 0 Å². The van der Waals surface area contributed by atoms with Gasteiger partial charge in [0, 0.05) is 37.1 Å². The van der Waals surface area contributed by atoms with E-state index in [9.17, 15) is 0 Å². The van der Waals surface area contributed by atoms with Crippen LogP contribution in [0.1, 0.15) is 17.8 Å². The molecule has 4 nitrogen and oxygen atoms in total. The van der Waals surface area contributed by atoms with Crippen molar-refractivity contribution in [3.05, 3.63) is 35.3 Å². The third-order valence-corrected chi connectivity index (χ3v) is 3.12. The van der Waals surface area contributed by atoms with E-state index in [2.05, 4.69) is 19.9 Å². The van der Waals surface area contributed by atoms with Crippen molar-refractivity contribution in [3.63, 3.8) is 0 Å². The standard InChI is InChI=1S/C11H16N4S/c1(2-6-15-7-4-13-10-15)3-12-9-11-14-5-8-16-11/h4-5,7-8,10,12H,1-3,6,9H2. The third kappa shape index (κ3) is 3.75. The van der Waals surface area contributed by atoms with Crippen LogP contribution < -0.4 is 5.32 Å². The zero-order valence-corrected chi connectivity index (χ0v) is 9.99. The summed E-state index contributed by atoms with van der Waals surface area (Å²) >= 11 is 1.70. The van der Waals surface area contributed by atoms with Crippen molar-refractivity contribution < 1.29 is 0 Å². The molecule has 2 heterocycles. The minimum atomic E-state index is 0.892. The molecule has 0 aromatic carbocycles. The molecular formula is C11H16N4S. The first kappa shape index (κ1) is 11.3. The molecule has 2 rings (SSSR count). The SMILES string of the molecule is c1cn(CCCCNCc2nccs2)cn1. The summed E-state index contributed by atoms with van der Waals surface area (Å²) in [6, 6.07) is 0. The zero-order chi connectivity index (χ0) is 11.1. The van der Waals surface area contributed by atoms with E-state index < -0.39 is 0 Å². The van der Waals surface area contributed by atoms with Gasteiger partial charge in [0.2, 0.25) is 0 Å². The van der Waals surface area contributed by atoms with Gasteiger partial charge >= 0.3 is 0 Å². The quantitative estimate of drug-likeness (QED) is 0.747. The van der Waals surface area contributed by atoms with Gasteiger partial charge in [-0.15, -0.1) is 11.3 Å². The maximum absolute atomic E-state index is 4.22. The van der Waals surface area contributed by atoms with Crippen LogP contribution in [0, 0.1) is 0 Å². The van der Waals surface area contributed by atoms with Gasteiger partial charge in [-0.2, -0.15) is 0 Å². The largest absolute Gasteiger partial charge is 0.337 e. The van der Waals surface area contributed by atoms with E-state index in [0.29, 0.717) is 0 Å². The van der Waals surface area contributed by atoms with Gasteiger partial charge in [-0.05, 0) is 19.4 Å². The van der Waals surface area contributed by atoms with Crippen molar-refractivity contribution in [3.8, 4) is 0 Å². The predicted octanol–water partition coefficient (Wildman–Crippen LogP) is 1.91. The molecule has 86 valence electrons. The molecular weight excluding hydrogens is 220 g/mol. The number of thiazole rings is 1. The van der Waals surface area contributed by atoms with Crippen LogP contribution in [0.4, 0.5) is 0 Å². The second-order valence-corrected chi connectivity index (χ2v) is 4.59. The van der Waals surface area contributed by atoms with Gasteiger partial charge in [0.05, 0.1) is 6.33 Å². The van der Waals surface area contributed by atoms with Crippen molar-refractivity contribution in [1.29, 1.82) is 0 Å². The molecule has 0 aliphatic heterocycles.